The number of ether oxygens (including phenoxy) is 3. The molecular weight excluding hydrogens is 596 g/mol. The highest BCUT2D eigenvalue weighted by Gasteiger charge is 2.53. The molecule has 2 atom stereocenters. The molecule has 0 fully saturated rings. The van der Waals surface area contributed by atoms with Crippen molar-refractivity contribution in [3.63, 3.8) is 0 Å². The quantitative estimate of drug-likeness (QED) is 0.187. The van der Waals surface area contributed by atoms with Crippen molar-refractivity contribution in [2.24, 2.45) is 4.99 Å². The fourth-order valence-corrected chi connectivity index (χ4v) is 5.17. The molecule has 1 amide bonds. The van der Waals surface area contributed by atoms with Crippen LogP contribution in [0.2, 0.25) is 0 Å². The number of carbonyl (C=O) groups excluding carboxylic acids is 1. The molecule has 216 valence electrons. The van der Waals surface area contributed by atoms with Gasteiger partial charge in [-0.2, -0.15) is 0 Å². The van der Waals surface area contributed by atoms with Crippen molar-refractivity contribution in [3.05, 3.63) is 130 Å². The molecule has 7 nitrogen and oxygen atoms in total. The largest absolute Gasteiger partial charge is 0.497 e. The number of amides is 1. The first-order valence-electron chi connectivity index (χ1n) is 13.8. The van der Waals surface area contributed by atoms with Crippen LogP contribution in [0, 0.1) is 0 Å². The second-order valence-electron chi connectivity index (χ2n) is 10.0. The number of aliphatic hydroxyl groups excluding tert-OH is 1. The van der Waals surface area contributed by atoms with Crippen LogP contribution in [-0.4, -0.2) is 42.8 Å². The number of halogens is 1. The molecule has 0 aliphatic carbocycles. The lowest BCUT2D eigenvalue weighted by Crippen LogP contribution is -2.49. The first-order chi connectivity index (χ1) is 20.5. The minimum Gasteiger partial charge on any atom is -0.497 e. The molecule has 0 aromatic heterocycles. The number of rotatable bonds is 12. The predicted molar refractivity (Wildman–Crippen MR) is 166 cm³/mol. The molecule has 4 aromatic rings. The van der Waals surface area contributed by atoms with Crippen LogP contribution in [0.1, 0.15) is 34.8 Å². The lowest BCUT2D eigenvalue weighted by atomic mass is 9.82. The summed E-state index contributed by atoms with van der Waals surface area (Å²) < 4.78 is 18.5. The molecule has 1 aliphatic rings. The summed E-state index contributed by atoms with van der Waals surface area (Å²) >= 11 is 3.52. The number of carbonyl (C=O) groups is 1. The van der Waals surface area contributed by atoms with Crippen LogP contribution in [0.3, 0.4) is 0 Å². The molecule has 0 spiro atoms. The lowest BCUT2D eigenvalue weighted by Gasteiger charge is -2.31. The molecule has 0 saturated heterocycles. The number of aliphatic imine (C=N–C) groups is 1. The van der Waals surface area contributed by atoms with E-state index >= 15 is 0 Å². The zero-order valence-corrected chi connectivity index (χ0v) is 24.9. The van der Waals surface area contributed by atoms with Gasteiger partial charge in [-0.05, 0) is 65.2 Å². The van der Waals surface area contributed by atoms with E-state index in [0.29, 0.717) is 37.6 Å². The molecule has 4 aromatic carbocycles. The highest BCUT2D eigenvalue weighted by Crippen LogP contribution is 2.43. The Morgan fingerprint density at radius 1 is 0.929 bits per heavy atom. The Balaban J connectivity index is 1.52. The Morgan fingerprint density at radius 2 is 1.62 bits per heavy atom. The van der Waals surface area contributed by atoms with Gasteiger partial charge in [0.2, 0.25) is 5.90 Å². The molecule has 0 radical (unpaired) electrons. The molecule has 1 heterocycles. The predicted octanol–water partition coefficient (Wildman–Crippen LogP) is 6.03. The van der Waals surface area contributed by atoms with Crippen molar-refractivity contribution >= 4 is 27.7 Å². The van der Waals surface area contributed by atoms with Crippen LogP contribution in [-0.2, 0) is 22.5 Å². The Hall–Kier alpha value is -4.14. The normalized spacial score (nSPS) is 17.7. The van der Waals surface area contributed by atoms with E-state index in [1.165, 1.54) is 0 Å². The van der Waals surface area contributed by atoms with Gasteiger partial charge >= 0.3 is 0 Å². The number of hydrogen-bond acceptors (Lipinski definition) is 6. The van der Waals surface area contributed by atoms with E-state index in [9.17, 15) is 4.79 Å². The summed E-state index contributed by atoms with van der Waals surface area (Å²) in [6.45, 7) is 0.828. The second-order valence-corrected chi connectivity index (χ2v) is 10.9. The average Bonchev–Trinajstić information content (AvgIpc) is 3.41. The number of hydrogen-bond donors (Lipinski definition) is 2. The first kappa shape index (κ1) is 29.4. The number of methoxy groups -OCH3 is 1. The van der Waals surface area contributed by atoms with Crippen molar-refractivity contribution in [2.45, 2.75) is 31.0 Å². The summed E-state index contributed by atoms with van der Waals surface area (Å²) in [5, 5.41) is 12.2. The molecule has 42 heavy (non-hydrogen) atoms. The fraction of sp³-hybridized carbons (Fsp3) is 0.235. The van der Waals surface area contributed by atoms with Gasteiger partial charge < -0.3 is 24.6 Å². The Kier molecular flexibility index (Phi) is 9.56. The van der Waals surface area contributed by atoms with Gasteiger partial charge in [0.15, 0.2) is 11.6 Å². The van der Waals surface area contributed by atoms with Crippen LogP contribution in [0.4, 0.5) is 0 Å². The van der Waals surface area contributed by atoms with E-state index in [1.54, 1.807) is 7.11 Å². The Labute approximate surface area is 254 Å². The summed E-state index contributed by atoms with van der Waals surface area (Å²) in [4.78, 5) is 19.4. The summed E-state index contributed by atoms with van der Waals surface area (Å²) in [5.74, 6) is 1.60. The zero-order valence-electron chi connectivity index (χ0n) is 23.3. The standard InChI is InChI=1S/C34H33BrN2O5/c1-40-29-16-8-25(9-17-29)23-36-33(39)34(22-24-6-3-2-4-7-24)31(26-10-14-28(35)15-11-26)42-32(37-34)27-12-18-30(19-13-27)41-21-5-20-38/h2-4,6-19,31,38H,5,20-23H2,1H3,(H,36,39)/t31-,34-/m1/s1. The number of nitrogens with one attached hydrogen (secondary N) is 1. The van der Waals surface area contributed by atoms with E-state index in [2.05, 4.69) is 21.2 Å². The number of aliphatic hydroxyl groups is 1. The molecule has 1 aliphatic heterocycles. The third kappa shape index (κ3) is 6.83. The van der Waals surface area contributed by atoms with E-state index in [4.69, 9.17) is 24.3 Å². The molecule has 0 unspecified atom stereocenters. The SMILES string of the molecule is COc1ccc(CNC(=O)[C@]2(Cc3ccccc3)N=C(c3ccc(OCCCO)cc3)O[C@@H]2c2ccc(Br)cc2)cc1. The molecule has 0 saturated carbocycles. The van der Waals surface area contributed by atoms with Gasteiger partial charge in [0.1, 0.15) is 11.5 Å². The zero-order chi connectivity index (χ0) is 29.4. The summed E-state index contributed by atoms with van der Waals surface area (Å²) in [5.41, 5.74) is 2.23. The Morgan fingerprint density at radius 3 is 2.29 bits per heavy atom. The highest BCUT2D eigenvalue weighted by atomic mass is 79.9. The van der Waals surface area contributed by atoms with Gasteiger partial charge in [-0.3, -0.25) is 4.79 Å². The van der Waals surface area contributed by atoms with E-state index in [1.807, 2.05) is 103 Å². The molecule has 0 bridgehead atoms. The van der Waals surface area contributed by atoms with Crippen LogP contribution in [0.5, 0.6) is 11.5 Å². The fourth-order valence-electron chi connectivity index (χ4n) is 4.91. The van der Waals surface area contributed by atoms with Crippen molar-refractivity contribution in [1.29, 1.82) is 0 Å². The number of nitrogens with zero attached hydrogens (tertiary/aromatic N) is 1. The van der Waals surface area contributed by atoms with Crippen LogP contribution >= 0.6 is 15.9 Å². The van der Waals surface area contributed by atoms with Crippen molar-refractivity contribution in [3.8, 4) is 11.5 Å². The van der Waals surface area contributed by atoms with Gasteiger partial charge in [0.25, 0.3) is 5.91 Å². The van der Waals surface area contributed by atoms with Gasteiger partial charge in [-0.15, -0.1) is 0 Å². The Bertz CT molecular complexity index is 1490. The monoisotopic (exact) mass is 628 g/mol. The second kappa shape index (κ2) is 13.7. The maximum absolute atomic E-state index is 14.3. The van der Waals surface area contributed by atoms with E-state index in [0.717, 1.165) is 32.5 Å². The van der Waals surface area contributed by atoms with Crippen LogP contribution < -0.4 is 14.8 Å². The maximum atomic E-state index is 14.3. The van der Waals surface area contributed by atoms with E-state index < -0.39 is 11.6 Å². The third-order valence-electron chi connectivity index (χ3n) is 7.13. The van der Waals surface area contributed by atoms with E-state index in [-0.39, 0.29) is 12.5 Å². The van der Waals surface area contributed by atoms with Crippen molar-refractivity contribution in [2.75, 3.05) is 20.3 Å². The minimum absolute atomic E-state index is 0.0736. The first-order valence-corrected chi connectivity index (χ1v) is 14.6. The summed E-state index contributed by atoms with van der Waals surface area (Å²) in [7, 11) is 1.62. The van der Waals surface area contributed by atoms with Gasteiger partial charge in [-0.1, -0.05) is 70.5 Å². The topological polar surface area (TPSA) is 89.4 Å². The lowest BCUT2D eigenvalue weighted by molar-refractivity contribution is -0.129. The van der Waals surface area contributed by atoms with Crippen LogP contribution in [0.25, 0.3) is 0 Å². The third-order valence-corrected chi connectivity index (χ3v) is 7.66. The molecular formula is C34H33BrN2O5. The average molecular weight is 630 g/mol. The van der Waals surface area contributed by atoms with Gasteiger partial charge in [0.05, 0.1) is 13.7 Å². The molecule has 2 N–H and O–H groups in total. The van der Waals surface area contributed by atoms with Crippen molar-refractivity contribution in [1.82, 2.24) is 5.32 Å². The smallest absolute Gasteiger partial charge is 0.252 e. The van der Waals surface area contributed by atoms with Crippen molar-refractivity contribution < 1.29 is 24.1 Å². The highest BCUT2D eigenvalue weighted by molar-refractivity contribution is 9.10. The summed E-state index contributed by atoms with van der Waals surface area (Å²) in [6, 6.07) is 32.7. The van der Waals surface area contributed by atoms with Crippen LogP contribution in [0.15, 0.2) is 113 Å². The number of benzene rings is 4. The van der Waals surface area contributed by atoms with Gasteiger partial charge in [-0.25, -0.2) is 4.99 Å². The van der Waals surface area contributed by atoms with Gasteiger partial charge in [0, 0.05) is 36.0 Å². The molecule has 5 rings (SSSR count). The molecule has 8 heteroatoms. The minimum atomic E-state index is -1.27. The maximum Gasteiger partial charge on any atom is 0.252 e. The summed E-state index contributed by atoms with van der Waals surface area (Å²) in [6.07, 6.45) is 0.228.